The Bertz CT molecular complexity index is 459. The molecular weight excluding hydrogens is 240 g/mol. The predicted molar refractivity (Wildman–Crippen MR) is 76.2 cm³/mol. The third-order valence-corrected chi connectivity index (χ3v) is 3.16. The summed E-state index contributed by atoms with van der Waals surface area (Å²) in [6.45, 7) is 9.04. The molecule has 19 heavy (non-hydrogen) atoms. The van der Waals surface area contributed by atoms with Gasteiger partial charge in [0, 0.05) is 31.9 Å². The lowest BCUT2D eigenvalue weighted by Crippen LogP contribution is -2.48. The van der Waals surface area contributed by atoms with E-state index in [1.54, 1.807) is 0 Å². The topological polar surface area (TPSA) is 57.3 Å². The van der Waals surface area contributed by atoms with Crippen LogP contribution in [0.3, 0.4) is 0 Å². The second kappa shape index (κ2) is 6.02. The second-order valence-electron chi connectivity index (χ2n) is 5.29. The van der Waals surface area contributed by atoms with Crippen LogP contribution >= 0.6 is 0 Å². The highest BCUT2D eigenvalue weighted by Crippen LogP contribution is 2.18. The molecule has 1 saturated heterocycles. The fourth-order valence-electron chi connectivity index (χ4n) is 2.19. The van der Waals surface area contributed by atoms with E-state index in [1.165, 1.54) is 5.56 Å². The summed E-state index contributed by atoms with van der Waals surface area (Å²) in [6.07, 6.45) is 1.89. The lowest BCUT2D eigenvalue weighted by Gasteiger charge is -2.28. The fraction of sp³-hybridized carbons (Fsp3) is 0.571. The van der Waals surface area contributed by atoms with Crippen molar-refractivity contribution in [3.8, 4) is 0 Å². The van der Waals surface area contributed by atoms with Gasteiger partial charge >= 0.3 is 0 Å². The monoisotopic (exact) mass is 262 g/mol. The molecule has 0 spiro atoms. The normalized spacial score (nSPS) is 15.8. The van der Waals surface area contributed by atoms with Crippen LogP contribution in [0, 0.1) is 6.92 Å². The molecule has 5 nitrogen and oxygen atoms in total. The molecular formula is C14H22N4O. The van der Waals surface area contributed by atoms with Crippen LogP contribution in [0.5, 0.6) is 0 Å². The Kier molecular flexibility index (Phi) is 4.37. The van der Waals surface area contributed by atoms with Crippen LogP contribution in [0.1, 0.15) is 25.0 Å². The number of pyridine rings is 1. The fourth-order valence-corrected chi connectivity index (χ4v) is 2.19. The molecule has 2 rings (SSSR count). The summed E-state index contributed by atoms with van der Waals surface area (Å²) >= 11 is 0. The molecule has 0 aromatic carbocycles. The number of nitrogens with one attached hydrogen (secondary N) is 2. The van der Waals surface area contributed by atoms with Gasteiger partial charge in [-0.3, -0.25) is 4.79 Å². The molecule has 0 bridgehead atoms. The first-order valence-electron chi connectivity index (χ1n) is 6.77. The maximum absolute atomic E-state index is 11.4. The zero-order valence-electron chi connectivity index (χ0n) is 11.9. The molecule has 0 saturated carbocycles. The minimum absolute atomic E-state index is 0.0676. The molecule has 5 heteroatoms. The number of aromatic nitrogens is 1. The number of hydrogen-bond acceptors (Lipinski definition) is 4. The summed E-state index contributed by atoms with van der Waals surface area (Å²) in [5, 5.41) is 6.20. The van der Waals surface area contributed by atoms with Gasteiger partial charge in [0.25, 0.3) is 0 Å². The Morgan fingerprint density at radius 2 is 2.32 bits per heavy atom. The quantitative estimate of drug-likeness (QED) is 0.843. The van der Waals surface area contributed by atoms with Gasteiger partial charge in [-0.25, -0.2) is 4.98 Å². The minimum Gasteiger partial charge on any atom is -0.353 e. The second-order valence-corrected chi connectivity index (χ2v) is 5.29. The third-order valence-electron chi connectivity index (χ3n) is 3.16. The van der Waals surface area contributed by atoms with Crippen molar-refractivity contribution >= 4 is 11.7 Å². The van der Waals surface area contributed by atoms with Crippen molar-refractivity contribution in [2.24, 2.45) is 0 Å². The van der Waals surface area contributed by atoms with Crippen molar-refractivity contribution in [1.82, 2.24) is 15.6 Å². The van der Waals surface area contributed by atoms with Gasteiger partial charge in [-0.1, -0.05) is 13.8 Å². The SMILES string of the molecule is Cc1cc(CNC(C)C)cnc1N1CCNC(=O)C1. The number of rotatable bonds is 4. The Morgan fingerprint density at radius 1 is 1.53 bits per heavy atom. The first kappa shape index (κ1) is 13.8. The third kappa shape index (κ3) is 3.67. The van der Waals surface area contributed by atoms with Gasteiger partial charge in [-0.05, 0) is 24.1 Å². The number of carbonyl (C=O) groups excluding carboxylic acids is 1. The van der Waals surface area contributed by atoms with E-state index < -0.39 is 0 Å². The van der Waals surface area contributed by atoms with Gasteiger partial charge in [0.15, 0.2) is 0 Å². The number of anilines is 1. The molecule has 0 unspecified atom stereocenters. The van der Waals surface area contributed by atoms with Crippen molar-refractivity contribution in [2.75, 3.05) is 24.5 Å². The average Bonchev–Trinajstić information content (AvgIpc) is 2.36. The van der Waals surface area contributed by atoms with Crippen LogP contribution in [-0.2, 0) is 11.3 Å². The highest BCUT2D eigenvalue weighted by atomic mass is 16.2. The first-order valence-corrected chi connectivity index (χ1v) is 6.77. The van der Waals surface area contributed by atoms with Gasteiger partial charge < -0.3 is 15.5 Å². The van der Waals surface area contributed by atoms with Gasteiger partial charge in [-0.15, -0.1) is 0 Å². The maximum Gasteiger partial charge on any atom is 0.239 e. The Morgan fingerprint density at radius 3 is 2.95 bits per heavy atom. The van der Waals surface area contributed by atoms with Gasteiger partial charge in [0.2, 0.25) is 5.91 Å². The van der Waals surface area contributed by atoms with Crippen LogP contribution in [0.25, 0.3) is 0 Å². The lowest BCUT2D eigenvalue weighted by molar-refractivity contribution is -0.120. The zero-order chi connectivity index (χ0) is 13.8. The lowest BCUT2D eigenvalue weighted by atomic mass is 10.1. The van der Waals surface area contributed by atoms with E-state index in [9.17, 15) is 4.79 Å². The highest BCUT2D eigenvalue weighted by molar-refractivity contribution is 5.82. The van der Waals surface area contributed by atoms with Crippen molar-refractivity contribution in [2.45, 2.75) is 33.4 Å². The molecule has 0 atom stereocenters. The molecule has 2 heterocycles. The molecule has 0 aliphatic carbocycles. The highest BCUT2D eigenvalue weighted by Gasteiger charge is 2.18. The molecule has 1 aromatic heterocycles. The van der Waals surface area contributed by atoms with Gasteiger partial charge in [-0.2, -0.15) is 0 Å². The van der Waals surface area contributed by atoms with E-state index in [4.69, 9.17) is 0 Å². The molecule has 2 N–H and O–H groups in total. The van der Waals surface area contributed by atoms with Crippen molar-refractivity contribution < 1.29 is 4.79 Å². The predicted octanol–water partition coefficient (Wildman–Crippen LogP) is 0.824. The van der Waals surface area contributed by atoms with Crippen LogP contribution in [0.15, 0.2) is 12.3 Å². The van der Waals surface area contributed by atoms with Crippen molar-refractivity contribution in [3.63, 3.8) is 0 Å². The molecule has 1 aliphatic heterocycles. The smallest absolute Gasteiger partial charge is 0.239 e. The molecule has 1 aromatic rings. The van der Waals surface area contributed by atoms with E-state index in [1.807, 2.05) is 18.0 Å². The van der Waals surface area contributed by atoms with Crippen LogP contribution in [-0.4, -0.2) is 36.6 Å². The summed E-state index contributed by atoms with van der Waals surface area (Å²) in [5.74, 6) is 0.987. The molecule has 1 aliphatic rings. The Hall–Kier alpha value is -1.62. The largest absolute Gasteiger partial charge is 0.353 e. The molecule has 104 valence electrons. The van der Waals surface area contributed by atoms with Crippen molar-refractivity contribution in [1.29, 1.82) is 0 Å². The molecule has 0 radical (unpaired) electrons. The molecule has 1 amide bonds. The molecule has 1 fully saturated rings. The standard InChI is InChI=1S/C14H22N4O/c1-10(2)16-7-12-6-11(3)14(17-8-12)18-5-4-15-13(19)9-18/h6,8,10,16H,4-5,7,9H2,1-3H3,(H,15,19). The number of hydrogen-bond donors (Lipinski definition) is 2. The number of aryl methyl sites for hydroxylation is 1. The van der Waals surface area contributed by atoms with Crippen LogP contribution < -0.4 is 15.5 Å². The first-order chi connectivity index (χ1) is 9.06. The number of amides is 1. The number of piperazine rings is 1. The summed E-state index contributed by atoms with van der Waals surface area (Å²) in [7, 11) is 0. The van der Waals surface area contributed by atoms with E-state index in [2.05, 4.69) is 35.5 Å². The van der Waals surface area contributed by atoms with Crippen LogP contribution in [0.2, 0.25) is 0 Å². The van der Waals surface area contributed by atoms with E-state index in [0.29, 0.717) is 19.1 Å². The van der Waals surface area contributed by atoms with Gasteiger partial charge in [0.1, 0.15) is 5.82 Å². The van der Waals surface area contributed by atoms with Crippen LogP contribution in [0.4, 0.5) is 5.82 Å². The van der Waals surface area contributed by atoms with E-state index in [0.717, 1.165) is 24.5 Å². The van der Waals surface area contributed by atoms with E-state index in [-0.39, 0.29) is 5.91 Å². The average molecular weight is 262 g/mol. The Labute approximate surface area is 114 Å². The Balaban J connectivity index is 2.08. The van der Waals surface area contributed by atoms with Gasteiger partial charge in [0.05, 0.1) is 6.54 Å². The summed E-state index contributed by atoms with van der Waals surface area (Å²) in [5.41, 5.74) is 2.30. The van der Waals surface area contributed by atoms with Crippen molar-refractivity contribution in [3.05, 3.63) is 23.4 Å². The maximum atomic E-state index is 11.4. The summed E-state index contributed by atoms with van der Waals surface area (Å²) in [6, 6.07) is 2.61. The minimum atomic E-state index is 0.0676. The zero-order valence-corrected chi connectivity index (χ0v) is 11.9. The number of carbonyl (C=O) groups is 1. The summed E-state index contributed by atoms with van der Waals surface area (Å²) in [4.78, 5) is 18.0. The summed E-state index contributed by atoms with van der Waals surface area (Å²) < 4.78 is 0. The number of nitrogens with zero attached hydrogens (tertiary/aromatic N) is 2. The van der Waals surface area contributed by atoms with E-state index >= 15 is 0 Å².